The molecule has 7 rings (SSSR count). The van der Waals surface area contributed by atoms with Crippen molar-refractivity contribution in [2.45, 2.75) is 308 Å². The minimum Gasteiger partial charge on any atom is -0.497 e. The van der Waals surface area contributed by atoms with E-state index < -0.39 is 49.0 Å². The van der Waals surface area contributed by atoms with Crippen LogP contribution in [0.15, 0.2) is 170 Å². The van der Waals surface area contributed by atoms with Gasteiger partial charge < -0.3 is 57.6 Å². The summed E-state index contributed by atoms with van der Waals surface area (Å²) >= 11 is 0. The lowest BCUT2D eigenvalue weighted by Crippen LogP contribution is -2.62. The zero-order chi connectivity index (χ0) is 73.7. The Morgan fingerprint density at radius 2 is 0.762 bits per heavy atom. The summed E-state index contributed by atoms with van der Waals surface area (Å²) in [6.45, 7) is 12.3. The van der Waals surface area contributed by atoms with Gasteiger partial charge in [-0.3, -0.25) is 4.79 Å². The monoisotopic (exact) mass is 1450 g/mol. The van der Waals surface area contributed by atoms with Crippen LogP contribution in [-0.4, -0.2) is 107 Å². The summed E-state index contributed by atoms with van der Waals surface area (Å²) in [6, 6.07) is 56.1. The molecule has 0 saturated carbocycles. The molecule has 13 nitrogen and oxygen atoms in total. The van der Waals surface area contributed by atoms with Gasteiger partial charge in [0.25, 0.3) is 0 Å². The van der Waals surface area contributed by atoms with Gasteiger partial charge in [0.15, 0.2) is 6.29 Å². The fraction of sp³-hybridized carbons (Fsp3) is 0.598. The van der Waals surface area contributed by atoms with Gasteiger partial charge in [0.1, 0.15) is 42.0 Å². The number of rotatable bonds is 62. The average Bonchev–Trinajstić information content (AvgIpc) is 0.786. The average molecular weight is 1450 g/mol. The van der Waals surface area contributed by atoms with Gasteiger partial charge >= 0.3 is 0 Å². The maximum Gasteiger partial charge on any atom is 0.220 e. The van der Waals surface area contributed by atoms with Gasteiger partial charge in [-0.05, 0) is 109 Å². The largest absolute Gasteiger partial charge is 0.497 e. The molecule has 0 radical (unpaired) electrons. The molecule has 1 saturated heterocycles. The summed E-state index contributed by atoms with van der Waals surface area (Å²) in [5.41, 5.74) is 5.99. The van der Waals surface area contributed by atoms with Gasteiger partial charge in [-0.15, -0.1) is 0 Å². The first-order valence-electron chi connectivity index (χ1n) is 41.2. The van der Waals surface area contributed by atoms with Crippen molar-refractivity contribution in [1.29, 1.82) is 0 Å². The van der Waals surface area contributed by atoms with Crippen LogP contribution in [0, 0.1) is 0 Å². The lowest BCUT2D eigenvalue weighted by atomic mass is 9.97. The highest BCUT2D eigenvalue weighted by molar-refractivity contribution is 5.76. The van der Waals surface area contributed by atoms with Crippen LogP contribution in [0.1, 0.15) is 253 Å². The SMILES string of the molecule is CCCCCCCCCCCCCC[C@@H](OCc1ccc(OC)cc1)[C@@H](OCc1ccc(OC)cc1)[C@H](CO[C@H]1O[C@H](COCc2ccccc2)[C@H](OCc2ccccc2)[C@H](OCc2ccccc2)[C@H]1OCc1ccccc1)NC(=O)CCCCCCCN(CCCCCCCC)CCCCCCCC. The number of carbonyl (C=O) groups is 1. The third kappa shape index (κ3) is 36.2. The summed E-state index contributed by atoms with van der Waals surface area (Å²) in [7, 11) is 3.37. The maximum absolute atomic E-state index is 15.1. The van der Waals surface area contributed by atoms with E-state index in [-0.39, 0.29) is 38.9 Å². The topological polar surface area (TPSA) is 125 Å². The molecule has 1 heterocycles. The summed E-state index contributed by atoms with van der Waals surface area (Å²) in [6.07, 6.45) is 31.7. The van der Waals surface area contributed by atoms with Gasteiger partial charge in [0.05, 0.1) is 79.2 Å². The van der Waals surface area contributed by atoms with E-state index in [1.165, 1.54) is 154 Å². The minimum atomic E-state index is -1.04. The Morgan fingerprint density at radius 3 is 1.20 bits per heavy atom. The number of ether oxygens (including phenoxy) is 10. The van der Waals surface area contributed by atoms with Crippen LogP contribution in [0.3, 0.4) is 0 Å². The van der Waals surface area contributed by atoms with Crippen LogP contribution in [0.25, 0.3) is 0 Å². The van der Waals surface area contributed by atoms with E-state index in [1.54, 1.807) is 14.2 Å². The summed E-state index contributed by atoms with van der Waals surface area (Å²) < 4.78 is 68.7. The van der Waals surface area contributed by atoms with E-state index in [9.17, 15) is 0 Å². The fourth-order valence-electron chi connectivity index (χ4n) is 14.1. The van der Waals surface area contributed by atoms with E-state index in [0.717, 1.165) is 96.4 Å². The molecule has 1 amide bonds. The molecule has 1 fully saturated rings. The molecule has 0 unspecified atom stereocenters. The Morgan fingerprint density at radius 1 is 0.390 bits per heavy atom. The van der Waals surface area contributed by atoms with Crippen molar-refractivity contribution in [3.63, 3.8) is 0 Å². The Kier molecular flexibility index (Phi) is 45.5. The molecule has 105 heavy (non-hydrogen) atoms. The molecule has 8 atom stereocenters. The van der Waals surface area contributed by atoms with Crippen LogP contribution in [0.4, 0.5) is 0 Å². The third-order valence-corrected chi connectivity index (χ3v) is 20.5. The predicted octanol–water partition coefficient (Wildman–Crippen LogP) is 21.8. The Bertz CT molecular complexity index is 3000. The predicted molar refractivity (Wildman–Crippen MR) is 427 cm³/mol. The quantitative estimate of drug-likeness (QED) is 0.0366. The molecular formula is C92H136N2O11. The second kappa shape index (κ2) is 55.4. The molecule has 0 spiro atoms. The molecule has 0 aromatic heterocycles. The number of nitrogens with one attached hydrogen (secondary N) is 1. The first-order chi connectivity index (χ1) is 51.9. The van der Waals surface area contributed by atoms with Gasteiger partial charge in [0, 0.05) is 6.42 Å². The molecule has 0 aliphatic carbocycles. The van der Waals surface area contributed by atoms with E-state index in [4.69, 9.17) is 47.4 Å². The van der Waals surface area contributed by atoms with Crippen LogP contribution in [0.5, 0.6) is 11.5 Å². The molecule has 13 heteroatoms. The molecule has 1 aliphatic rings. The molecule has 580 valence electrons. The molecular weight excluding hydrogens is 1310 g/mol. The number of amides is 1. The number of hydrogen-bond acceptors (Lipinski definition) is 12. The van der Waals surface area contributed by atoms with Crippen molar-refractivity contribution in [2.75, 3.05) is 47.1 Å². The first kappa shape index (κ1) is 86.3. The van der Waals surface area contributed by atoms with Crippen molar-refractivity contribution in [2.24, 2.45) is 0 Å². The van der Waals surface area contributed by atoms with Crippen molar-refractivity contribution in [3.8, 4) is 11.5 Å². The maximum atomic E-state index is 15.1. The number of carbonyl (C=O) groups excluding carboxylic acids is 1. The summed E-state index contributed by atoms with van der Waals surface area (Å²) in [4.78, 5) is 17.9. The first-order valence-corrected chi connectivity index (χ1v) is 41.2. The molecule has 1 N–H and O–H groups in total. The van der Waals surface area contributed by atoms with Crippen LogP contribution in [-0.2, 0) is 82.3 Å². The van der Waals surface area contributed by atoms with Crippen molar-refractivity contribution >= 4 is 5.91 Å². The molecule has 1 aliphatic heterocycles. The lowest BCUT2D eigenvalue weighted by molar-refractivity contribution is -0.330. The highest BCUT2D eigenvalue weighted by Gasteiger charge is 2.50. The van der Waals surface area contributed by atoms with E-state index >= 15 is 4.79 Å². The normalized spacial score (nSPS) is 16.8. The molecule has 0 bridgehead atoms. The number of benzene rings is 6. The lowest BCUT2D eigenvalue weighted by Gasteiger charge is -2.46. The van der Waals surface area contributed by atoms with Gasteiger partial charge in [-0.2, -0.15) is 0 Å². The van der Waals surface area contributed by atoms with Crippen molar-refractivity contribution < 1.29 is 52.2 Å². The smallest absolute Gasteiger partial charge is 0.220 e. The standard InChI is InChI=1S/C92H136N2O11/c1-6-9-12-15-18-19-20-21-22-23-25-42-55-85(99-69-80-57-61-82(96-4)62-58-80)88(100-73-81-59-63-83(97-5)64-60-81)84(93-87(95)56-43-26-24-29-46-67-94(65-44-27-16-13-10-7-2)66-45-28-17-14-11-8-3)74-104-92-91(103-72-79-53-40-33-41-54-79)90(102-71-78-51-38-32-39-52-78)89(101-70-77-49-36-31-37-50-77)86(105-92)75-98-68-76-47-34-30-35-48-76/h30-41,47-54,57-64,84-86,88-92H,6-29,42-46,55-56,65-75H2,1-5H3,(H,93,95)/t84-,85+,86+,88-,89-,90-,91+,92-/m0/s1. The number of hydrogen-bond donors (Lipinski definition) is 1. The van der Waals surface area contributed by atoms with E-state index in [1.807, 2.05) is 109 Å². The molecule has 6 aromatic carbocycles. The zero-order valence-corrected chi connectivity index (χ0v) is 65.4. The Hall–Kier alpha value is -5.97. The van der Waals surface area contributed by atoms with Gasteiger partial charge in [-0.1, -0.05) is 327 Å². The van der Waals surface area contributed by atoms with E-state index in [0.29, 0.717) is 32.7 Å². The Labute approximate surface area is 635 Å². The van der Waals surface area contributed by atoms with Crippen LogP contribution >= 0.6 is 0 Å². The molecule has 6 aromatic rings. The van der Waals surface area contributed by atoms with Crippen LogP contribution in [0.2, 0.25) is 0 Å². The van der Waals surface area contributed by atoms with Gasteiger partial charge in [0.2, 0.25) is 5.91 Å². The number of methoxy groups -OCH3 is 2. The highest BCUT2D eigenvalue weighted by atomic mass is 16.7. The second-order valence-electron chi connectivity index (χ2n) is 29.2. The number of unbranched alkanes of at least 4 members (excludes halogenated alkanes) is 25. The minimum absolute atomic E-state index is 0.0117. The fourth-order valence-corrected chi connectivity index (χ4v) is 14.1. The van der Waals surface area contributed by atoms with E-state index in [2.05, 4.69) is 91.7 Å². The zero-order valence-electron chi connectivity index (χ0n) is 65.4. The second-order valence-corrected chi connectivity index (χ2v) is 29.2. The third-order valence-electron chi connectivity index (χ3n) is 20.5. The van der Waals surface area contributed by atoms with Crippen molar-refractivity contribution in [3.05, 3.63) is 203 Å². The van der Waals surface area contributed by atoms with Crippen molar-refractivity contribution in [1.82, 2.24) is 10.2 Å². The highest BCUT2D eigenvalue weighted by Crippen LogP contribution is 2.33. The number of nitrogens with zero attached hydrogens (tertiary/aromatic N) is 1. The van der Waals surface area contributed by atoms with Gasteiger partial charge in [-0.25, -0.2) is 0 Å². The Balaban J connectivity index is 1.20. The summed E-state index contributed by atoms with van der Waals surface area (Å²) in [5.74, 6) is 1.48. The summed E-state index contributed by atoms with van der Waals surface area (Å²) in [5, 5.41) is 3.59. The van der Waals surface area contributed by atoms with Crippen LogP contribution < -0.4 is 14.8 Å².